The van der Waals surface area contributed by atoms with Gasteiger partial charge in [-0.25, -0.2) is 0 Å². The highest BCUT2D eigenvalue weighted by Crippen LogP contribution is 2.32. The molecule has 3 aromatic rings. The Morgan fingerprint density at radius 3 is 2.95 bits per heavy atom. The first-order chi connectivity index (χ1) is 9.81. The van der Waals surface area contributed by atoms with Crippen LogP contribution in [0.15, 0.2) is 60.1 Å². The summed E-state index contributed by atoms with van der Waals surface area (Å²) in [4.78, 5) is 7.09. The van der Waals surface area contributed by atoms with Crippen molar-refractivity contribution < 1.29 is 0 Å². The van der Waals surface area contributed by atoms with Gasteiger partial charge in [-0.15, -0.1) is 0 Å². The Balaban J connectivity index is 2.32. The summed E-state index contributed by atoms with van der Waals surface area (Å²) in [6.07, 6.45) is 5.57. The summed E-state index contributed by atoms with van der Waals surface area (Å²) in [5.41, 5.74) is 12.8. The fourth-order valence-electron chi connectivity index (χ4n) is 2.41. The molecule has 0 saturated carbocycles. The zero-order valence-electron chi connectivity index (χ0n) is 11.0. The maximum absolute atomic E-state index is 8.67. The van der Waals surface area contributed by atoms with Crippen LogP contribution < -0.4 is 0 Å². The van der Waals surface area contributed by atoms with Gasteiger partial charge in [0, 0.05) is 34.6 Å². The minimum Gasteiger partial charge on any atom is -0.316 e. The van der Waals surface area contributed by atoms with E-state index >= 15 is 0 Å². The van der Waals surface area contributed by atoms with E-state index in [4.69, 9.17) is 5.53 Å². The highest BCUT2D eigenvalue weighted by atomic mass is 15.1. The first kappa shape index (κ1) is 12.3. The highest BCUT2D eigenvalue weighted by molar-refractivity contribution is 5.71. The lowest BCUT2D eigenvalue weighted by Crippen LogP contribution is -1.93. The smallest absolute Gasteiger partial charge is 0.0618 e. The van der Waals surface area contributed by atoms with Gasteiger partial charge in [0.1, 0.15) is 0 Å². The van der Waals surface area contributed by atoms with Crippen molar-refractivity contribution in [3.8, 4) is 11.3 Å². The fraction of sp³-hybridized carbons (Fsp3) is 0.133. The van der Waals surface area contributed by atoms with Gasteiger partial charge in [0.05, 0.1) is 11.7 Å². The van der Waals surface area contributed by atoms with E-state index in [2.05, 4.69) is 25.5 Å². The van der Waals surface area contributed by atoms with Crippen LogP contribution in [0.1, 0.15) is 18.5 Å². The Bertz CT molecular complexity index is 784. The summed E-state index contributed by atoms with van der Waals surface area (Å²) in [6, 6.07) is 11.7. The lowest BCUT2D eigenvalue weighted by molar-refractivity contribution is 0.810. The molecule has 0 fully saturated rings. The average molecular weight is 263 g/mol. The van der Waals surface area contributed by atoms with E-state index in [1.54, 1.807) is 6.20 Å². The summed E-state index contributed by atoms with van der Waals surface area (Å²) in [5.74, 6) is 0. The lowest BCUT2D eigenvalue weighted by Gasteiger charge is -2.08. The van der Waals surface area contributed by atoms with Crippen LogP contribution in [0.5, 0.6) is 0 Å². The molecule has 0 N–H and O–H groups in total. The Morgan fingerprint density at radius 2 is 2.20 bits per heavy atom. The number of fused-ring (bicyclic) bond motifs is 1. The van der Waals surface area contributed by atoms with E-state index < -0.39 is 0 Å². The van der Waals surface area contributed by atoms with E-state index in [0.717, 1.165) is 22.3 Å². The maximum atomic E-state index is 8.67. The standard InChI is InChI=1S/C15H13N5/c1-11(18-19-16)14-9-13-6-2-3-8-20(13)15(14)12-5-4-7-17-10-12/h2-11H,1H3. The largest absolute Gasteiger partial charge is 0.316 e. The van der Waals surface area contributed by atoms with Crippen molar-refractivity contribution in [3.63, 3.8) is 0 Å². The molecule has 0 aliphatic carbocycles. The molecule has 1 unspecified atom stereocenters. The van der Waals surface area contributed by atoms with E-state index in [1.165, 1.54) is 0 Å². The second-order valence-corrected chi connectivity index (χ2v) is 4.57. The van der Waals surface area contributed by atoms with E-state index in [0.29, 0.717) is 0 Å². The zero-order valence-corrected chi connectivity index (χ0v) is 11.0. The van der Waals surface area contributed by atoms with Crippen molar-refractivity contribution in [2.45, 2.75) is 13.0 Å². The molecule has 5 nitrogen and oxygen atoms in total. The Morgan fingerprint density at radius 1 is 1.30 bits per heavy atom. The summed E-state index contributed by atoms with van der Waals surface area (Å²) < 4.78 is 2.09. The van der Waals surface area contributed by atoms with Crippen LogP contribution in [0, 0.1) is 0 Å². The molecule has 0 aliphatic rings. The molecule has 3 rings (SSSR count). The monoisotopic (exact) mass is 263 g/mol. The Labute approximate surface area is 116 Å². The molecule has 3 aromatic heterocycles. The summed E-state index contributed by atoms with van der Waals surface area (Å²) in [7, 11) is 0. The predicted octanol–water partition coefficient (Wildman–Crippen LogP) is 4.37. The van der Waals surface area contributed by atoms with Crippen LogP contribution in [-0.4, -0.2) is 9.38 Å². The predicted molar refractivity (Wildman–Crippen MR) is 78.2 cm³/mol. The Hall–Kier alpha value is -2.78. The van der Waals surface area contributed by atoms with Gasteiger partial charge in [-0.1, -0.05) is 18.1 Å². The molecule has 3 heterocycles. The minimum absolute atomic E-state index is 0.227. The van der Waals surface area contributed by atoms with Gasteiger partial charge >= 0.3 is 0 Å². The number of aromatic nitrogens is 2. The number of nitrogens with zero attached hydrogens (tertiary/aromatic N) is 5. The number of hydrogen-bond donors (Lipinski definition) is 0. The molecular formula is C15H13N5. The third-order valence-electron chi connectivity index (χ3n) is 3.32. The molecule has 0 amide bonds. The molecule has 0 radical (unpaired) electrons. The molecule has 0 spiro atoms. The van der Waals surface area contributed by atoms with Crippen molar-refractivity contribution in [2.24, 2.45) is 5.11 Å². The SMILES string of the molecule is CC(N=[N+]=[N-])c1cc2ccccn2c1-c1cccnc1. The van der Waals surface area contributed by atoms with Crippen molar-refractivity contribution in [2.75, 3.05) is 0 Å². The number of pyridine rings is 2. The first-order valence-electron chi connectivity index (χ1n) is 6.36. The van der Waals surface area contributed by atoms with Crippen LogP contribution >= 0.6 is 0 Å². The molecule has 98 valence electrons. The van der Waals surface area contributed by atoms with Crippen LogP contribution in [0.25, 0.3) is 27.2 Å². The van der Waals surface area contributed by atoms with Crippen molar-refractivity contribution >= 4 is 5.52 Å². The first-order valence-corrected chi connectivity index (χ1v) is 6.36. The van der Waals surface area contributed by atoms with Crippen molar-refractivity contribution in [1.29, 1.82) is 0 Å². The molecule has 0 aromatic carbocycles. The lowest BCUT2D eigenvalue weighted by atomic mass is 10.1. The van der Waals surface area contributed by atoms with Gasteiger partial charge in [0.2, 0.25) is 0 Å². The molecule has 0 saturated heterocycles. The fourth-order valence-corrected chi connectivity index (χ4v) is 2.41. The topological polar surface area (TPSA) is 66.1 Å². The zero-order chi connectivity index (χ0) is 13.9. The number of hydrogen-bond acceptors (Lipinski definition) is 2. The van der Waals surface area contributed by atoms with E-state index in [9.17, 15) is 0 Å². The average Bonchev–Trinajstić information content (AvgIpc) is 2.88. The van der Waals surface area contributed by atoms with Crippen LogP contribution in [0.4, 0.5) is 0 Å². The maximum Gasteiger partial charge on any atom is 0.0618 e. The molecule has 0 bridgehead atoms. The van der Waals surface area contributed by atoms with E-state index in [1.807, 2.05) is 49.6 Å². The van der Waals surface area contributed by atoms with Crippen molar-refractivity contribution in [1.82, 2.24) is 9.38 Å². The summed E-state index contributed by atoms with van der Waals surface area (Å²) in [6.45, 7) is 1.90. The third kappa shape index (κ3) is 2.00. The third-order valence-corrected chi connectivity index (χ3v) is 3.32. The summed E-state index contributed by atoms with van der Waals surface area (Å²) >= 11 is 0. The van der Waals surface area contributed by atoms with Crippen LogP contribution in [0.2, 0.25) is 0 Å². The van der Waals surface area contributed by atoms with E-state index in [-0.39, 0.29) is 6.04 Å². The second-order valence-electron chi connectivity index (χ2n) is 4.57. The van der Waals surface area contributed by atoms with Gasteiger partial charge in [-0.2, -0.15) is 0 Å². The second kappa shape index (κ2) is 5.07. The molecule has 1 atom stereocenters. The number of rotatable bonds is 3. The van der Waals surface area contributed by atoms with Crippen LogP contribution in [-0.2, 0) is 0 Å². The Kier molecular flexibility index (Phi) is 3.11. The molecule has 0 aliphatic heterocycles. The molecular weight excluding hydrogens is 250 g/mol. The normalized spacial score (nSPS) is 12.1. The quantitative estimate of drug-likeness (QED) is 0.393. The van der Waals surface area contributed by atoms with Gasteiger partial charge in [0.25, 0.3) is 0 Å². The van der Waals surface area contributed by atoms with Crippen LogP contribution in [0.3, 0.4) is 0 Å². The minimum atomic E-state index is -0.227. The van der Waals surface area contributed by atoms with Crippen molar-refractivity contribution in [3.05, 3.63) is 71.0 Å². The molecule has 5 heteroatoms. The van der Waals surface area contributed by atoms with Gasteiger partial charge in [-0.3, -0.25) is 4.98 Å². The highest BCUT2D eigenvalue weighted by Gasteiger charge is 2.16. The van der Waals surface area contributed by atoms with Gasteiger partial charge in [-0.05, 0) is 41.4 Å². The van der Waals surface area contributed by atoms with Gasteiger partial charge in [0.15, 0.2) is 0 Å². The molecule has 20 heavy (non-hydrogen) atoms. The van der Waals surface area contributed by atoms with Gasteiger partial charge < -0.3 is 4.40 Å². The number of azide groups is 1. The summed E-state index contributed by atoms with van der Waals surface area (Å²) in [5, 5.41) is 3.82.